The number of methoxy groups -OCH3 is 1. The third-order valence-corrected chi connectivity index (χ3v) is 2.89. The molecule has 0 unspecified atom stereocenters. The lowest BCUT2D eigenvalue weighted by molar-refractivity contribution is 0.372. The summed E-state index contributed by atoms with van der Waals surface area (Å²) in [6.07, 6.45) is 0. The lowest BCUT2D eigenvalue weighted by Crippen LogP contribution is -2.16. The van der Waals surface area contributed by atoms with E-state index in [1.807, 2.05) is 48.5 Å². The van der Waals surface area contributed by atoms with Crippen molar-refractivity contribution in [2.75, 3.05) is 13.7 Å². The molecule has 0 saturated carbocycles. The Bertz CT molecular complexity index is 605. The Hall–Kier alpha value is -2.29. The smallest absolute Gasteiger partial charge is 0.145 e. The molecule has 0 atom stereocenters. The zero-order valence-corrected chi connectivity index (χ0v) is 10.1. The normalized spacial score (nSPS) is 13.3. The average Bonchev–Trinajstić information content (AvgIpc) is 2.47. The second-order valence-electron chi connectivity index (χ2n) is 4.05. The number of hydrogen-bond donors (Lipinski definition) is 0. The van der Waals surface area contributed by atoms with E-state index in [1.54, 1.807) is 7.11 Å². The molecular formula is C15H13NO2. The summed E-state index contributed by atoms with van der Waals surface area (Å²) in [7, 11) is 1.66. The van der Waals surface area contributed by atoms with Crippen molar-refractivity contribution in [1.29, 1.82) is 0 Å². The van der Waals surface area contributed by atoms with Crippen LogP contribution in [0.4, 0.5) is 5.69 Å². The number of fused-ring (bicyclic) bond motifs is 1. The summed E-state index contributed by atoms with van der Waals surface area (Å²) in [5.41, 5.74) is 2.83. The minimum Gasteiger partial charge on any atom is -0.497 e. The monoisotopic (exact) mass is 239 g/mol. The average molecular weight is 239 g/mol. The van der Waals surface area contributed by atoms with Crippen molar-refractivity contribution >= 4 is 11.4 Å². The van der Waals surface area contributed by atoms with Gasteiger partial charge in [0.1, 0.15) is 23.8 Å². The van der Waals surface area contributed by atoms with Gasteiger partial charge in [-0.05, 0) is 24.3 Å². The Morgan fingerprint density at radius 1 is 1.11 bits per heavy atom. The Morgan fingerprint density at radius 3 is 2.89 bits per heavy atom. The number of ether oxygens (including phenoxy) is 2. The highest BCUT2D eigenvalue weighted by molar-refractivity contribution is 6.04. The summed E-state index contributed by atoms with van der Waals surface area (Å²) < 4.78 is 10.9. The van der Waals surface area contributed by atoms with Crippen molar-refractivity contribution in [3.05, 3.63) is 54.1 Å². The minimum atomic E-state index is 0.490. The van der Waals surface area contributed by atoms with E-state index in [4.69, 9.17) is 9.47 Å². The fraction of sp³-hybridized carbons (Fsp3) is 0.133. The first-order valence-electron chi connectivity index (χ1n) is 5.80. The van der Waals surface area contributed by atoms with Crippen LogP contribution in [0.15, 0.2) is 53.5 Å². The molecule has 0 radical (unpaired) electrons. The number of hydrogen-bond acceptors (Lipinski definition) is 3. The maximum atomic E-state index is 5.69. The Balaban J connectivity index is 2.01. The molecule has 3 rings (SSSR count). The molecule has 0 aromatic heterocycles. The fourth-order valence-corrected chi connectivity index (χ4v) is 1.95. The van der Waals surface area contributed by atoms with Crippen LogP contribution < -0.4 is 9.47 Å². The van der Waals surface area contributed by atoms with E-state index in [2.05, 4.69) is 4.99 Å². The molecule has 0 N–H and O–H groups in total. The van der Waals surface area contributed by atoms with Crippen molar-refractivity contribution in [2.45, 2.75) is 0 Å². The Labute approximate surface area is 106 Å². The summed E-state index contributed by atoms with van der Waals surface area (Å²) >= 11 is 0. The van der Waals surface area contributed by atoms with Crippen LogP contribution in [0.3, 0.4) is 0 Å². The summed E-state index contributed by atoms with van der Waals surface area (Å²) in [5.74, 6) is 1.67. The third-order valence-electron chi connectivity index (χ3n) is 2.89. The Morgan fingerprint density at radius 2 is 2.00 bits per heavy atom. The number of aliphatic imine (C=N–C) groups is 1. The van der Waals surface area contributed by atoms with Crippen LogP contribution in [0.1, 0.15) is 5.56 Å². The second kappa shape index (κ2) is 4.53. The van der Waals surface area contributed by atoms with E-state index >= 15 is 0 Å². The van der Waals surface area contributed by atoms with Gasteiger partial charge >= 0.3 is 0 Å². The van der Waals surface area contributed by atoms with E-state index < -0.39 is 0 Å². The van der Waals surface area contributed by atoms with Gasteiger partial charge < -0.3 is 9.47 Å². The SMILES string of the molecule is COc1cccc(C2=Nc3ccccc3OC2)c1. The molecule has 2 aromatic carbocycles. The first-order valence-corrected chi connectivity index (χ1v) is 5.80. The van der Waals surface area contributed by atoms with E-state index in [0.29, 0.717) is 6.61 Å². The fourth-order valence-electron chi connectivity index (χ4n) is 1.95. The minimum absolute atomic E-state index is 0.490. The van der Waals surface area contributed by atoms with Crippen LogP contribution in [0.2, 0.25) is 0 Å². The van der Waals surface area contributed by atoms with Gasteiger partial charge in [-0.1, -0.05) is 24.3 Å². The van der Waals surface area contributed by atoms with Gasteiger partial charge in [0.15, 0.2) is 0 Å². The largest absolute Gasteiger partial charge is 0.497 e. The Kier molecular flexibility index (Phi) is 2.73. The quantitative estimate of drug-likeness (QED) is 0.805. The van der Waals surface area contributed by atoms with E-state index in [0.717, 1.165) is 28.5 Å². The van der Waals surface area contributed by atoms with Gasteiger partial charge in [-0.15, -0.1) is 0 Å². The molecule has 3 nitrogen and oxygen atoms in total. The highest BCUT2D eigenvalue weighted by atomic mass is 16.5. The molecule has 0 saturated heterocycles. The van der Waals surface area contributed by atoms with Gasteiger partial charge in [-0.3, -0.25) is 0 Å². The maximum absolute atomic E-state index is 5.69. The van der Waals surface area contributed by atoms with Gasteiger partial charge in [0.25, 0.3) is 0 Å². The number of para-hydroxylation sites is 2. The van der Waals surface area contributed by atoms with E-state index in [-0.39, 0.29) is 0 Å². The maximum Gasteiger partial charge on any atom is 0.145 e. The molecule has 0 amide bonds. The van der Waals surface area contributed by atoms with Crippen molar-refractivity contribution in [3.8, 4) is 11.5 Å². The summed E-state index contributed by atoms with van der Waals surface area (Å²) in [5, 5.41) is 0. The third kappa shape index (κ3) is 1.95. The highest BCUT2D eigenvalue weighted by Gasteiger charge is 2.14. The number of rotatable bonds is 2. The molecule has 0 fully saturated rings. The van der Waals surface area contributed by atoms with Crippen LogP contribution in [-0.4, -0.2) is 19.4 Å². The van der Waals surface area contributed by atoms with Crippen molar-refractivity contribution in [1.82, 2.24) is 0 Å². The molecule has 3 heteroatoms. The van der Waals surface area contributed by atoms with Crippen LogP contribution in [0, 0.1) is 0 Å². The lowest BCUT2D eigenvalue weighted by Gasteiger charge is -2.17. The first-order chi connectivity index (χ1) is 8.86. The zero-order valence-electron chi connectivity index (χ0n) is 10.1. The molecule has 0 bridgehead atoms. The van der Waals surface area contributed by atoms with Crippen molar-refractivity contribution in [2.24, 2.45) is 4.99 Å². The molecule has 0 spiro atoms. The predicted octanol–water partition coefficient (Wildman–Crippen LogP) is 3.21. The highest BCUT2D eigenvalue weighted by Crippen LogP contribution is 2.31. The molecule has 0 aliphatic carbocycles. The predicted molar refractivity (Wildman–Crippen MR) is 71.1 cm³/mol. The number of nitrogens with zero attached hydrogens (tertiary/aromatic N) is 1. The van der Waals surface area contributed by atoms with Crippen molar-refractivity contribution < 1.29 is 9.47 Å². The summed E-state index contributed by atoms with van der Waals surface area (Å²) in [6, 6.07) is 15.6. The molecule has 18 heavy (non-hydrogen) atoms. The molecule has 1 aliphatic rings. The summed E-state index contributed by atoms with van der Waals surface area (Å²) in [4.78, 5) is 4.63. The van der Waals surface area contributed by atoms with Gasteiger partial charge in [-0.2, -0.15) is 0 Å². The van der Waals surface area contributed by atoms with Gasteiger partial charge in [0, 0.05) is 5.56 Å². The van der Waals surface area contributed by atoms with E-state index in [9.17, 15) is 0 Å². The molecule has 1 heterocycles. The van der Waals surface area contributed by atoms with Gasteiger partial charge in [0.05, 0.1) is 12.8 Å². The van der Waals surface area contributed by atoms with Crippen LogP contribution in [0.25, 0.3) is 0 Å². The standard InChI is InChI=1S/C15H13NO2/c1-17-12-6-4-5-11(9-12)14-10-18-15-8-3-2-7-13(15)16-14/h2-9H,10H2,1H3. The van der Waals surface area contributed by atoms with Crippen molar-refractivity contribution in [3.63, 3.8) is 0 Å². The summed E-state index contributed by atoms with van der Waals surface area (Å²) in [6.45, 7) is 0.490. The van der Waals surface area contributed by atoms with Gasteiger partial charge in [-0.25, -0.2) is 4.99 Å². The molecule has 2 aromatic rings. The topological polar surface area (TPSA) is 30.8 Å². The zero-order chi connectivity index (χ0) is 12.4. The lowest BCUT2D eigenvalue weighted by atomic mass is 10.1. The van der Waals surface area contributed by atoms with Crippen LogP contribution in [-0.2, 0) is 0 Å². The van der Waals surface area contributed by atoms with Gasteiger partial charge in [0.2, 0.25) is 0 Å². The van der Waals surface area contributed by atoms with Crippen LogP contribution >= 0.6 is 0 Å². The molecular weight excluding hydrogens is 226 g/mol. The number of benzene rings is 2. The molecule has 1 aliphatic heterocycles. The molecule has 90 valence electrons. The van der Waals surface area contributed by atoms with Crippen LogP contribution in [0.5, 0.6) is 11.5 Å². The second-order valence-corrected chi connectivity index (χ2v) is 4.05. The first kappa shape index (κ1) is 10.8. The van der Waals surface area contributed by atoms with E-state index in [1.165, 1.54) is 0 Å².